The first kappa shape index (κ1) is 20.3. The fourth-order valence-electron chi connectivity index (χ4n) is 2.97. The summed E-state index contributed by atoms with van der Waals surface area (Å²) in [5.41, 5.74) is 0. The van der Waals surface area contributed by atoms with Crippen molar-refractivity contribution >= 4 is 0 Å². The highest BCUT2D eigenvalue weighted by molar-refractivity contribution is 4.95. The van der Waals surface area contributed by atoms with Crippen LogP contribution in [0.2, 0.25) is 0 Å². The lowest BCUT2D eigenvalue weighted by Crippen LogP contribution is -1.94. The van der Waals surface area contributed by atoms with Gasteiger partial charge in [0.05, 0.1) is 6.26 Å². The number of furan rings is 1. The third-order valence-electron chi connectivity index (χ3n) is 4.47. The van der Waals surface area contributed by atoms with Gasteiger partial charge in [-0.15, -0.1) is 0 Å². The van der Waals surface area contributed by atoms with Gasteiger partial charge < -0.3 is 9.15 Å². The smallest absolute Gasteiger partial charge is 0.129 e. The summed E-state index contributed by atoms with van der Waals surface area (Å²) in [5, 5.41) is 0. The van der Waals surface area contributed by atoms with Gasteiger partial charge in [0.2, 0.25) is 0 Å². The summed E-state index contributed by atoms with van der Waals surface area (Å²) in [5.74, 6) is 0.926. The normalized spacial score (nSPS) is 11.2. The summed E-state index contributed by atoms with van der Waals surface area (Å²) < 4.78 is 10.8. The van der Waals surface area contributed by atoms with E-state index in [4.69, 9.17) is 9.15 Å². The zero-order valence-corrected chi connectivity index (χ0v) is 15.4. The van der Waals surface area contributed by atoms with E-state index in [9.17, 15) is 0 Å². The van der Waals surface area contributed by atoms with Crippen molar-refractivity contribution in [1.29, 1.82) is 0 Å². The molecule has 1 heterocycles. The molecule has 23 heavy (non-hydrogen) atoms. The van der Waals surface area contributed by atoms with Crippen LogP contribution in [0.3, 0.4) is 0 Å². The van der Waals surface area contributed by atoms with Gasteiger partial charge in [-0.25, -0.2) is 0 Å². The van der Waals surface area contributed by atoms with Gasteiger partial charge in [-0.1, -0.05) is 90.4 Å². The van der Waals surface area contributed by atoms with Crippen molar-refractivity contribution in [2.75, 3.05) is 6.61 Å². The lowest BCUT2D eigenvalue weighted by molar-refractivity contribution is 0.102. The quantitative estimate of drug-likeness (QED) is 0.281. The molecule has 0 N–H and O–H groups in total. The molecule has 2 nitrogen and oxygen atoms in total. The van der Waals surface area contributed by atoms with Gasteiger partial charge in [-0.05, 0) is 18.6 Å². The molecule has 0 unspecified atom stereocenters. The minimum absolute atomic E-state index is 0.617. The monoisotopic (exact) mass is 322 g/mol. The first-order chi connectivity index (χ1) is 11.4. The first-order valence-corrected chi connectivity index (χ1v) is 10.0. The van der Waals surface area contributed by atoms with Crippen molar-refractivity contribution in [3.8, 4) is 0 Å². The van der Waals surface area contributed by atoms with Crippen LogP contribution in [-0.2, 0) is 11.3 Å². The largest absolute Gasteiger partial charge is 0.467 e. The van der Waals surface area contributed by atoms with Crippen molar-refractivity contribution in [2.24, 2.45) is 0 Å². The highest BCUT2D eigenvalue weighted by atomic mass is 16.5. The number of ether oxygens (including phenoxy) is 1. The Morgan fingerprint density at radius 3 is 1.74 bits per heavy atom. The van der Waals surface area contributed by atoms with Crippen molar-refractivity contribution in [2.45, 2.75) is 103 Å². The second kappa shape index (κ2) is 16.1. The molecule has 0 atom stereocenters. The maximum absolute atomic E-state index is 5.59. The lowest BCUT2D eigenvalue weighted by Gasteiger charge is -2.04. The third kappa shape index (κ3) is 13.4. The van der Waals surface area contributed by atoms with Crippen LogP contribution in [0.1, 0.15) is 103 Å². The van der Waals surface area contributed by atoms with Gasteiger partial charge in [0.15, 0.2) is 0 Å². The van der Waals surface area contributed by atoms with Crippen LogP contribution < -0.4 is 0 Å². The topological polar surface area (TPSA) is 22.4 Å². The number of hydrogen-bond donors (Lipinski definition) is 0. The second-order valence-corrected chi connectivity index (χ2v) is 6.73. The van der Waals surface area contributed by atoms with E-state index in [1.165, 1.54) is 89.9 Å². The van der Waals surface area contributed by atoms with Crippen LogP contribution in [0, 0.1) is 0 Å². The predicted octanol–water partition coefficient (Wildman–Crippen LogP) is 7.28. The van der Waals surface area contributed by atoms with E-state index in [2.05, 4.69) is 6.92 Å². The number of hydrogen-bond acceptors (Lipinski definition) is 2. The molecule has 1 rings (SSSR count). The Kier molecular flexibility index (Phi) is 14.2. The third-order valence-corrected chi connectivity index (χ3v) is 4.47. The lowest BCUT2D eigenvalue weighted by atomic mass is 10.0. The van der Waals surface area contributed by atoms with Gasteiger partial charge in [0.1, 0.15) is 12.4 Å². The number of unbranched alkanes of at least 4 members (excludes halogenated alkanes) is 13. The highest BCUT2D eigenvalue weighted by Crippen LogP contribution is 2.13. The second-order valence-electron chi connectivity index (χ2n) is 6.73. The van der Waals surface area contributed by atoms with Crippen LogP contribution in [-0.4, -0.2) is 6.61 Å². The van der Waals surface area contributed by atoms with E-state index in [1.54, 1.807) is 6.26 Å². The predicted molar refractivity (Wildman–Crippen MR) is 98.7 cm³/mol. The Balaban J connectivity index is 1.67. The van der Waals surface area contributed by atoms with E-state index in [0.717, 1.165) is 12.4 Å². The van der Waals surface area contributed by atoms with Crippen molar-refractivity contribution in [3.63, 3.8) is 0 Å². The first-order valence-electron chi connectivity index (χ1n) is 10.0. The maximum atomic E-state index is 5.59. The van der Waals surface area contributed by atoms with Crippen LogP contribution in [0.5, 0.6) is 0 Å². The minimum atomic E-state index is 0.617. The van der Waals surface area contributed by atoms with Crippen LogP contribution in [0.15, 0.2) is 22.8 Å². The van der Waals surface area contributed by atoms with E-state index in [0.29, 0.717) is 6.61 Å². The summed E-state index contributed by atoms with van der Waals surface area (Å²) in [7, 11) is 0. The molecule has 1 aromatic rings. The van der Waals surface area contributed by atoms with E-state index >= 15 is 0 Å². The molecule has 0 aliphatic carbocycles. The molecular weight excluding hydrogens is 284 g/mol. The maximum Gasteiger partial charge on any atom is 0.129 e. The van der Waals surface area contributed by atoms with Crippen LogP contribution in [0.4, 0.5) is 0 Å². The summed E-state index contributed by atoms with van der Waals surface area (Å²) in [6.07, 6.45) is 21.3. The Labute approximate surface area is 144 Å². The molecule has 0 aliphatic heterocycles. The standard InChI is InChI=1S/C21H38O2/c1-2-3-4-5-6-7-8-9-10-11-12-13-14-15-18-22-20-21-17-16-19-23-21/h16-17,19H,2-15,18,20H2,1H3. The molecule has 0 radical (unpaired) electrons. The number of rotatable bonds is 17. The molecule has 134 valence electrons. The average molecular weight is 323 g/mol. The van der Waals surface area contributed by atoms with Gasteiger partial charge >= 0.3 is 0 Å². The van der Waals surface area contributed by atoms with E-state index in [-0.39, 0.29) is 0 Å². The van der Waals surface area contributed by atoms with E-state index in [1.807, 2.05) is 12.1 Å². The van der Waals surface area contributed by atoms with Crippen LogP contribution >= 0.6 is 0 Å². The molecule has 0 amide bonds. The summed E-state index contributed by atoms with van der Waals surface area (Å²) in [6, 6.07) is 3.87. The molecule has 0 aromatic carbocycles. The Bertz CT molecular complexity index is 319. The Hall–Kier alpha value is -0.760. The van der Waals surface area contributed by atoms with Gasteiger partial charge in [-0.2, -0.15) is 0 Å². The van der Waals surface area contributed by atoms with E-state index < -0.39 is 0 Å². The molecule has 0 saturated carbocycles. The molecule has 0 fully saturated rings. The van der Waals surface area contributed by atoms with Crippen molar-refractivity contribution in [3.05, 3.63) is 24.2 Å². The molecule has 0 spiro atoms. The van der Waals surface area contributed by atoms with Crippen molar-refractivity contribution < 1.29 is 9.15 Å². The Morgan fingerprint density at radius 1 is 0.739 bits per heavy atom. The summed E-state index contributed by atoms with van der Waals surface area (Å²) >= 11 is 0. The van der Waals surface area contributed by atoms with Gasteiger partial charge in [0.25, 0.3) is 0 Å². The zero-order chi connectivity index (χ0) is 16.4. The van der Waals surface area contributed by atoms with Crippen LogP contribution in [0.25, 0.3) is 0 Å². The molecule has 0 bridgehead atoms. The molecule has 2 heteroatoms. The minimum Gasteiger partial charge on any atom is -0.467 e. The molecule has 1 aromatic heterocycles. The summed E-state index contributed by atoms with van der Waals surface area (Å²) in [6.45, 7) is 3.76. The SMILES string of the molecule is CCCCCCCCCCCCCCCCOCc1ccco1. The molecular formula is C21H38O2. The fourth-order valence-corrected chi connectivity index (χ4v) is 2.97. The summed E-state index contributed by atoms with van der Waals surface area (Å²) in [4.78, 5) is 0. The van der Waals surface area contributed by atoms with Crippen molar-refractivity contribution in [1.82, 2.24) is 0 Å². The highest BCUT2D eigenvalue weighted by Gasteiger charge is 1.96. The van der Waals surface area contributed by atoms with Gasteiger partial charge in [-0.3, -0.25) is 0 Å². The average Bonchev–Trinajstić information content (AvgIpc) is 3.08. The molecule has 0 aliphatic rings. The van der Waals surface area contributed by atoms with Gasteiger partial charge in [0, 0.05) is 6.61 Å². The fraction of sp³-hybridized carbons (Fsp3) is 0.810. The zero-order valence-electron chi connectivity index (χ0n) is 15.4. The Morgan fingerprint density at radius 2 is 1.26 bits per heavy atom. The molecule has 0 saturated heterocycles.